The number of nitrogens with zero attached hydrogens (tertiary/aromatic N) is 4. The van der Waals surface area contributed by atoms with Crippen molar-refractivity contribution in [1.29, 1.82) is 0 Å². The Morgan fingerprint density at radius 2 is 2.11 bits per heavy atom. The second-order valence-electron chi connectivity index (χ2n) is 7.59. The lowest BCUT2D eigenvalue weighted by Crippen LogP contribution is -2.36. The van der Waals surface area contributed by atoms with E-state index in [2.05, 4.69) is 40.4 Å². The Hall–Kier alpha value is -2.60. The number of ether oxygens (including phenoxy) is 1. The Labute approximate surface area is 159 Å². The predicted octanol–water partition coefficient (Wildman–Crippen LogP) is 3.36. The van der Waals surface area contributed by atoms with Gasteiger partial charge in [0, 0.05) is 30.9 Å². The minimum absolute atomic E-state index is 0.570. The molecule has 1 atom stereocenters. The number of benzene rings is 1. The van der Waals surface area contributed by atoms with Crippen LogP contribution in [0.5, 0.6) is 5.75 Å². The highest BCUT2D eigenvalue weighted by Gasteiger charge is 2.24. The molecule has 2 aliphatic heterocycles. The van der Waals surface area contributed by atoms with Crippen LogP contribution in [0.3, 0.4) is 0 Å². The van der Waals surface area contributed by atoms with Gasteiger partial charge in [-0.1, -0.05) is 6.07 Å². The minimum atomic E-state index is 0.570. The second-order valence-corrected chi connectivity index (χ2v) is 7.59. The average Bonchev–Trinajstić information content (AvgIpc) is 3.28. The van der Waals surface area contributed by atoms with Gasteiger partial charge in [0.05, 0.1) is 12.8 Å². The Balaban J connectivity index is 1.57. The number of aromatic nitrogens is 3. The molecule has 6 heteroatoms. The van der Waals surface area contributed by atoms with E-state index in [1.165, 1.54) is 24.9 Å². The summed E-state index contributed by atoms with van der Waals surface area (Å²) in [5, 5.41) is 8.03. The molecule has 0 radical (unpaired) electrons. The average molecular weight is 363 g/mol. The quantitative estimate of drug-likeness (QED) is 0.664. The van der Waals surface area contributed by atoms with E-state index in [4.69, 9.17) is 9.72 Å². The summed E-state index contributed by atoms with van der Waals surface area (Å²) in [6, 6.07) is 8.95. The fourth-order valence-corrected chi connectivity index (χ4v) is 4.26. The van der Waals surface area contributed by atoms with Crippen molar-refractivity contribution in [3.8, 4) is 16.9 Å². The Kier molecular flexibility index (Phi) is 4.20. The van der Waals surface area contributed by atoms with E-state index in [0.29, 0.717) is 6.04 Å². The normalized spacial score (nSPS) is 20.6. The molecule has 0 amide bonds. The van der Waals surface area contributed by atoms with E-state index in [0.717, 1.165) is 54.5 Å². The number of rotatable bonds is 0. The molecule has 4 heterocycles. The van der Waals surface area contributed by atoms with Crippen molar-refractivity contribution in [3.63, 3.8) is 0 Å². The largest absolute Gasteiger partial charge is 0.494 e. The van der Waals surface area contributed by atoms with Crippen molar-refractivity contribution in [2.75, 3.05) is 31.6 Å². The summed E-state index contributed by atoms with van der Waals surface area (Å²) in [6.07, 6.45) is 7.43. The van der Waals surface area contributed by atoms with Crippen molar-refractivity contribution in [1.82, 2.24) is 19.5 Å². The number of aryl methyl sites for hydroxylation is 1. The van der Waals surface area contributed by atoms with Crippen LogP contribution in [0.15, 0.2) is 36.7 Å². The summed E-state index contributed by atoms with van der Waals surface area (Å²) in [5.74, 6) is 1.83. The van der Waals surface area contributed by atoms with Crippen molar-refractivity contribution >= 4 is 11.5 Å². The van der Waals surface area contributed by atoms with Gasteiger partial charge in [0.15, 0.2) is 5.65 Å². The SMILES string of the molecule is Cc1cc2cc(c1)-c1cnn3ccc(nc13)NC[C@@H]1CCCN1CCCO2. The standard InChI is InChI=1S/C21H25N5O/c1-15-10-16-12-18(11-15)27-9-3-7-25-6-2-4-17(25)13-22-20-5-8-26-21(24-20)19(16)14-23-26/h5,8,10-12,14,17H,2-4,6-7,9,13H2,1H3,(H,22,24)/t17-/m0/s1. The molecule has 0 spiro atoms. The molecule has 1 fully saturated rings. The Bertz CT molecular complexity index is 966. The first-order valence-corrected chi connectivity index (χ1v) is 9.83. The van der Waals surface area contributed by atoms with E-state index in [1.54, 1.807) is 0 Å². The van der Waals surface area contributed by atoms with E-state index >= 15 is 0 Å². The van der Waals surface area contributed by atoms with Crippen LogP contribution >= 0.6 is 0 Å². The zero-order valence-electron chi connectivity index (χ0n) is 15.7. The number of hydrogen-bond acceptors (Lipinski definition) is 5. The van der Waals surface area contributed by atoms with E-state index in [1.807, 2.05) is 23.0 Å². The highest BCUT2D eigenvalue weighted by atomic mass is 16.5. The van der Waals surface area contributed by atoms with Gasteiger partial charge >= 0.3 is 0 Å². The maximum Gasteiger partial charge on any atom is 0.165 e. The lowest BCUT2D eigenvalue weighted by molar-refractivity contribution is 0.226. The highest BCUT2D eigenvalue weighted by Crippen LogP contribution is 2.29. The first-order chi connectivity index (χ1) is 13.3. The molecular weight excluding hydrogens is 338 g/mol. The van der Waals surface area contributed by atoms with Gasteiger partial charge in [-0.3, -0.25) is 4.90 Å². The van der Waals surface area contributed by atoms with Gasteiger partial charge in [0.1, 0.15) is 11.6 Å². The van der Waals surface area contributed by atoms with Crippen LogP contribution in [0.4, 0.5) is 5.82 Å². The van der Waals surface area contributed by atoms with Gasteiger partial charge in [-0.2, -0.15) is 5.10 Å². The Morgan fingerprint density at radius 3 is 3.07 bits per heavy atom. The number of hydrogen-bond donors (Lipinski definition) is 1. The first-order valence-electron chi connectivity index (χ1n) is 9.83. The monoisotopic (exact) mass is 363 g/mol. The molecule has 3 aromatic rings. The van der Waals surface area contributed by atoms with Gasteiger partial charge in [-0.05, 0) is 62.1 Å². The molecule has 5 rings (SSSR count). The van der Waals surface area contributed by atoms with Gasteiger partial charge in [0.2, 0.25) is 0 Å². The van der Waals surface area contributed by atoms with Gasteiger partial charge in [-0.15, -0.1) is 0 Å². The molecule has 1 N–H and O–H groups in total. The zero-order valence-corrected chi connectivity index (χ0v) is 15.7. The van der Waals surface area contributed by atoms with Gasteiger partial charge < -0.3 is 10.1 Å². The third kappa shape index (κ3) is 3.25. The molecule has 6 nitrogen and oxygen atoms in total. The molecule has 27 heavy (non-hydrogen) atoms. The third-order valence-electron chi connectivity index (χ3n) is 5.61. The third-order valence-corrected chi connectivity index (χ3v) is 5.61. The van der Waals surface area contributed by atoms with Crippen LogP contribution in [-0.2, 0) is 0 Å². The van der Waals surface area contributed by atoms with Crippen molar-refractivity contribution in [3.05, 3.63) is 42.2 Å². The van der Waals surface area contributed by atoms with Crippen LogP contribution in [0.1, 0.15) is 24.8 Å². The zero-order chi connectivity index (χ0) is 18.2. The van der Waals surface area contributed by atoms with Crippen LogP contribution < -0.4 is 10.1 Å². The lowest BCUT2D eigenvalue weighted by Gasteiger charge is -2.24. The number of fused-ring (bicyclic) bond motifs is 5. The van der Waals surface area contributed by atoms with Crippen LogP contribution in [0, 0.1) is 6.92 Å². The van der Waals surface area contributed by atoms with Crippen LogP contribution in [-0.4, -0.2) is 51.8 Å². The topological polar surface area (TPSA) is 54.7 Å². The maximum absolute atomic E-state index is 6.09. The van der Waals surface area contributed by atoms with Crippen molar-refractivity contribution in [2.45, 2.75) is 32.2 Å². The summed E-state index contributed by atoms with van der Waals surface area (Å²) < 4.78 is 7.93. The van der Waals surface area contributed by atoms with Crippen LogP contribution in [0.25, 0.3) is 16.8 Å². The van der Waals surface area contributed by atoms with Crippen LogP contribution in [0.2, 0.25) is 0 Å². The fourth-order valence-electron chi connectivity index (χ4n) is 4.26. The van der Waals surface area contributed by atoms with E-state index in [9.17, 15) is 0 Å². The first kappa shape index (κ1) is 16.6. The Morgan fingerprint density at radius 1 is 1.19 bits per heavy atom. The maximum atomic E-state index is 6.09. The molecule has 0 unspecified atom stereocenters. The summed E-state index contributed by atoms with van der Waals surface area (Å²) in [7, 11) is 0. The molecule has 0 saturated carbocycles. The summed E-state index contributed by atoms with van der Waals surface area (Å²) >= 11 is 0. The lowest BCUT2D eigenvalue weighted by atomic mass is 10.1. The summed E-state index contributed by atoms with van der Waals surface area (Å²) in [6.45, 7) is 6.05. The molecule has 1 aromatic carbocycles. The fraction of sp³-hybridized carbons (Fsp3) is 0.429. The molecular formula is C21H25N5O. The second kappa shape index (κ2) is 6.85. The van der Waals surface area contributed by atoms with E-state index in [-0.39, 0.29) is 0 Å². The predicted molar refractivity (Wildman–Crippen MR) is 106 cm³/mol. The van der Waals surface area contributed by atoms with Crippen molar-refractivity contribution < 1.29 is 4.74 Å². The summed E-state index contributed by atoms with van der Waals surface area (Å²) in [5.41, 5.74) is 4.18. The van der Waals surface area contributed by atoms with Gasteiger partial charge in [0.25, 0.3) is 0 Å². The van der Waals surface area contributed by atoms with E-state index < -0.39 is 0 Å². The molecule has 2 aromatic heterocycles. The smallest absolute Gasteiger partial charge is 0.165 e. The number of nitrogens with one attached hydrogen (secondary N) is 1. The summed E-state index contributed by atoms with van der Waals surface area (Å²) in [4.78, 5) is 7.44. The minimum Gasteiger partial charge on any atom is -0.494 e. The molecule has 1 saturated heterocycles. The molecule has 0 aliphatic carbocycles. The molecule has 2 aliphatic rings. The number of anilines is 1. The molecule has 4 bridgehead atoms. The van der Waals surface area contributed by atoms with Gasteiger partial charge in [-0.25, -0.2) is 9.50 Å². The van der Waals surface area contributed by atoms with Crippen molar-refractivity contribution in [2.24, 2.45) is 0 Å². The molecule has 140 valence electrons. The highest BCUT2D eigenvalue weighted by molar-refractivity contribution is 5.78.